The second-order valence-corrected chi connectivity index (χ2v) is 7.56. The summed E-state index contributed by atoms with van der Waals surface area (Å²) in [6.45, 7) is 0.791. The molecule has 0 aliphatic rings. The van der Waals surface area contributed by atoms with Gasteiger partial charge in [0, 0.05) is 35.2 Å². The summed E-state index contributed by atoms with van der Waals surface area (Å²) >= 11 is 7.38. The standard InChI is InChI=1S/C21H22ClN3O3S/c1-24-16-12-19(13-3-5-14(22)6-4-13)29-20(16)21(26)25-15-7-8-17(28-10-9-23)18(11-15)27-2/h3-8,11-12,24H,9-10,23H2,1-2H3,(H,25,26). The average Bonchev–Trinajstić information content (AvgIpc) is 3.18. The Bertz CT molecular complexity index is 989. The van der Waals surface area contributed by atoms with Crippen molar-refractivity contribution in [2.24, 2.45) is 5.73 Å². The van der Waals surface area contributed by atoms with E-state index >= 15 is 0 Å². The number of hydrogen-bond donors (Lipinski definition) is 3. The number of methoxy groups -OCH3 is 1. The lowest BCUT2D eigenvalue weighted by molar-refractivity contribution is 0.103. The summed E-state index contributed by atoms with van der Waals surface area (Å²) in [6.07, 6.45) is 0. The van der Waals surface area contributed by atoms with Crippen LogP contribution in [-0.2, 0) is 0 Å². The molecule has 0 unspecified atom stereocenters. The van der Waals surface area contributed by atoms with Crippen molar-refractivity contribution in [3.8, 4) is 21.9 Å². The molecule has 0 saturated heterocycles. The van der Waals surface area contributed by atoms with Gasteiger partial charge in [-0.05, 0) is 35.9 Å². The Labute approximate surface area is 178 Å². The monoisotopic (exact) mass is 431 g/mol. The van der Waals surface area contributed by atoms with Gasteiger partial charge in [0.15, 0.2) is 11.5 Å². The highest BCUT2D eigenvalue weighted by Crippen LogP contribution is 2.36. The summed E-state index contributed by atoms with van der Waals surface area (Å²) in [5, 5.41) is 6.67. The van der Waals surface area contributed by atoms with E-state index in [4.69, 9.17) is 26.8 Å². The second-order valence-electron chi connectivity index (χ2n) is 6.07. The van der Waals surface area contributed by atoms with Crippen LogP contribution in [0.3, 0.4) is 0 Å². The van der Waals surface area contributed by atoms with Gasteiger partial charge in [0.25, 0.3) is 5.91 Å². The van der Waals surface area contributed by atoms with Crippen molar-refractivity contribution >= 4 is 40.2 Å². The van der Waals surface area contributed by atoms with Gasteiger partial charge >= 0.3 is 0 Å². The number of hydrogen-bond acceptors (Lipinski definition) is 6. The van der Waals surface area contributed by atoms with E-state index in [1.807, 2.05) is 30.3 Å². The largest absolute Gasteiger partial charge is 0.493 e. The molecule has 152 valence electrons. The number of carbonyl (C=O) groups excluding carboxylic acids is 1. The molecular weight excluding hydrogens is 410 g/mol. The van der Waals surface area contributed by atoms with Crippen molar-refractivity contribution in [2.45, 2.75) is 0 Å². The van der Waals surface area contributed by atoms with Gasteiger partial charge in [-0.3, -0.25) is 4.79 Å². The van der Waals surface area contributed by atoms with Crippen molar-refractivity contribution < 1.29 is 14.3 Å². The fourth-order valence-corrected chi connectivity index (χ4v) is 3.91. The average molecular weight is 432 g/mol. The summed E-state index contributed by atoms with van der Waals surface area (Å²) in [4.78, 5) is 14.5. The first-order valence-electron chi connectivity index (χ1n) is 8.95. The predicted molar refractivity (Wildman–Crippen MR) is 120 cm³/mol. The third-order valence-corrected chi connectivity index (χ3v) is 5.57. The molecule has 0 spiro atoms. The van der Waals surface area contributed by atoms with E-state index in [0.29, 0.717) is 40.2 Å². The van der Waals surface area contributed by atoms with Gasteiger partial charge in [0.05, 0.1) is 12.8 Å². The van der Waals surface area contributed by atoms with Gasteiger partial charge in [0.2, 0.25) is 0 Å². The molecule has 0 saturated carbocycles. The quantitative estimate of drug-likeness (QED) is 0.481. The van der Waals surface area contributed by atoms with Crippen LogP contribution in [0.1, 0.15) is 9.67 Å². The van der Waals surface area contributed by atoms with Crippen LogP contribution in [-0.4, -0.2) is 33.2 Å². The van der Waals surface area contributed by atoms with Gasteiger partial charge in [-0.25, -0.2) is 0 Å². The summed E-state index contributed by atoms with van der Waals surface area (Å²) < 4.78 is 10.9. The first-order valence-corrected chi connectivity index (χ1v) is 10.1. The molecule has 6 nitrogen and oxygen atoms in total. The highest BCUT2D eigenvalue weighted by Gasteiger charge is 2.17. The lowest BCUT2D eigenvalue weighted by Gasteiger charge is -2.12. The van der Waals surface area contributed by atoms with Gasteiger partial charge in [-0.2, -0.15) is 0 Å². The number of anilines is 2. The molecule has 1 aromatic heterocycles. The molecule has 0 aliphatic carbocycles. The maximum absolute atomic E-state index is 12.9. The second kappa shape index (κ2) is 9.65. The van der Waals surface area contributed by atoms with Gasteiger partial charge in [0.1, 0.15) is 11.5 Å². The highest BCUT2D eigenvalue weighted by atomic mass is 35.5. The van der Waals surface area contributed by atoms with E-state index in [1.54, 1.807) is 32.4 Å². The number of nitrogens with two attached hydrogens (primary N) is 1. The molecular formula is C21H22ClN3O3S. The Morgan fingerprint density at radius 2 is 1.90 bits per heavy atom. The van der Waals surface area contributed by atoms with Crippen LogP contribution in [0.4, 0.5) is 11.4 Å². The number of rotatable bonds is 8. The zero-order valence-corrected chi connectivity index (χ0v) is 17.7. The normalized spacial score (nSPS) is 10.5. The lowest BCUT2D eigenvalue weighted by atomic mass is 10.2. The number of benzene rings is 2. The number of thiophene rings is 1. The highest BCUT2D eigenvalue weighted by molar-refractivity contribution is 7.18. The molecule has 0 aliphatic heterocycles. The van der Waals surface area contributed by atoms with Crippen molar-refractivity contribution in [2.75, 3.05) is 37.9 Å². The van der Waals surface area contributed by atoms with Crippen molar-refractivity contribution in [1.29, 1.82) is 0 Å². The molecule has 1 amide bonds. The van der Waals surface area contributed by atoms with Crippen LogP contribution in [0.5, 0.6) is 11.5 Å². The van der Waals surface area contributed by atoms with Crippen molar-refractivity contribution in [3.63, 3.8) is 0 Å². The molecule has 3 aromatic rings. The number of amides is 1. The fourth-order valence-electron chi connectivity index (χ4n) is 2.72. The van der Waals surface area contributed by atoms with Crippen LogP contribution >= 0.6 is 22.9 Å². The molecule has 0 bridgehead atoms. The smallest absolute Gasteiger partial charge is 0.267 e. The van der Waals surface area contributed by atoms with Crippen LogP contribution in [0.15, 0.2) is 48.5 Å². The van der Waals surface area contributed by atoms with E-state index < -0.39 is 0 Å². The summed E-state index contributed by atoms with van der Waals surface area (Å²) in [5.41, 5.74) is 7.83. The Balaban J connectivity index is 1.82. The molecule has 4 N–H and O–H groups in total. The summed E-state index contributed by atoms with van der Waals surface area (Å²) in [6, 6.07) is 14.7. The van der Waals surface area contributed by atoms with E-state index in [0.717, 1.165) is 16.1 Å². The summed E-state index contributed by atoms with van der Waals surface area (Å²) in [5.74, 6) is 0.892. The van der Waals surface area contributed by atoms with Crippen LogP contribution in [0.25, 0.3) is 10.4 Å². The topological polar surface area (TPSA) is 85.6 Å². The van der Waals surface area contributed by atoms with Crippen molar-refractivity contribution in [1.82, 2.24) is 0 Å². The van der Waals surface area contributed by atoms with Crippen LogP contribution < -0.4 is 25.8 Å². The third kappa shape index (κ3) is 5.00. The maximum Gasteiger partial charge on any atom is 0.267 e. The first-order chi connectivity index (χ1) is 14.0. The molecule has 8 heteroatoms. The Kier molecular flexibility index (Phi) is 6.98. The van der Waals surface area contributed by atoms with Crippen LogP contribution in [0.2, 0.25) is 5.02 Å². The van der Waals surface area contributed by atoms with Crippen LogP contribution in [0, 0.1) is 0 Å². The predicted octanol–water partition coefficient (Wildman–Crippen LogP) is 4.71. The van der Waals surface area contributed by atoms with Gasteiger partial charge in [-0.1, -0.05) is 23.7 Å². The van der Waals surface area contributed by atoms with E-state index in [2.05, 4.69) is 10.6 Å². The molecule has 0 fully saturated rings. The maximum atomic E-state index is 12.9. The zero-order valence-electron chi connectivity index (χ0n) is 16.1. The minimum absolute atomic E-state index is 0.211. The minimum Gasteiger partial charge on any atom is -0.493 e. The molecule has 0 atom stereocenters. The molecule has 29 heavy (non-hydrogen) atoms. The number of carbonyl (C=O) groups is 1. The van der Waals surface area contributed by atoms with Gasteiger partial charge in [-0.15, -0.1) is 11.3 Å². The molecule has 2 aromatic carbocycles. The first kappa shape index (κ1) is 21.0. The lowest BCUT2D eigenvalue weighted by Crippen LogP contribution is -2.13. The van der Waals surface area contributed by atoms with Gasteiger partial charge < -0.3 is 25.8 Å². The zero-order chi connectivity index (χ0) is 20.8. The van der Waals surface area contributed by atoms with E-state index in [-0.39, 0.29) is 5.91 Å². The third-order valence-electron chi connectivity index (χ3n) is 4.13. The molecule has 1 heterocycles. The Morgan fingerprint density at radius 3 is 2.55 bits per heavy atom. The summed E-state index contributed by atoms with van der Waals surface area (Å²) in [7, 11) is 3.34. The van der Waals surface area contributed by atoms with Crippen molar-refractivity contribution in [3.05, 3.63) is 58.4 Å². The Morgan fingerprint density at radius 1 is 1.14 bits per heavy atom. The molecule has 0 radical (unpaired) electrons. The molecule has 3 rings (SSSR count). The Hall–Kier alpha value is -2.74. The SMILES string of the molecule is CNc1cc(-c2ccc(Cl)cc2)sc1C(=O)Nc1ccc(OCCN)c(OC)c1. The number of nitrogens with one attached hydrogen (secondary N) is 2. The fraction of sp³-hybridized carbons (Fsp3) is 0.190. The number of ether oxygens (including phenoxy) is 2. The number of halogens is 1. The van der Waals surface area contributed by atoms with E-state index in [1.165, 1.54) is 11.3 Å². The minimum atomic E-state index is -0.211. The van der Waals surface area contributed by atoms with E-state index in [9.17, 15) is 4.79 Å².